The summed E-state index contributed by atoms with van der Waals surface area (Å²) in [6.07, 6.45) is 6.10. The summed E-state index contributed by atoms with van der Waals surface area (Å²) in [5, 5.41) is 21.0. The van der Waals surface area contributed by atoms with Gasteiger partial charge in [0.25, 0.3) is 0 Å². The zero-order valence-corrected chi connectivity index (χ0v) is 17.8. The standard InChI is InChI=1S/C21H38N2O6/c1-14-4-6-16(17(10-14)13-29-27)12-28-23-9-3-8-22-20(24)18-7-5-15(2)11-19(18)21(25)26/h14-19,23,27H,3-13H2,1-2H3,(H,22,24)(H,25,26). The lowest BCUT2D eigenvalue weighted by Gasteiger charge is -2.33. The Balaban J connectivity index is 1.58. The number of hydrogen-bond acceptors (Lipinski definition) is 6. The van der Waals surface area contributed by atoms with Gasteiger partial charge in [-0.3, -0.25) is 14.8 Å². The Morgan fingerprint density at radius 1 is 0.931 bits per heavy atom. The fraction of sp³-hybridized carbons (Fsp3) is 0.905. The third-order valence-corrected chi connectivity index (χ3v) is 6.61. The van der Waals surface area contributed by atoms with Crippen LogP contribution in [-0.2, 0) is 19.3 Å². The number of hydrogen-bond donors (Lipinski definition) is 4. The van der Waals surface area contributed by atoms with Gasteiger partial charge in [-0.1, -0.05) is 20.3 Å². The molecule has 0 aromatic rings. The first-order valence-corrected chi connectivity index (χ1v) is 11.0. The van der Waals surface area contributed by atoms with Crippen molar-refractivity contribution < 1.29 is 29.7 Å². The normalized spacial score (nSPS) is 32.7. The van der Waals surface area contributed by atoms with E-state index in [1.54, 1.807) is 0 Å². The van der Waals surface area contributed by atoms with Gasteiger partial charge in [0.15, 0.2) is 0 Å². The van der Waals surface area contributed by atoms with E-state index in [2.05, 4.69) is 22.6 Å². The van der Waals surface area contributed by atoms with Crippen LogP contribution >= 0.6 is 0 Å². The summed E-state index contributed by atoms with van der Waals surface area (Å²) in [6.45, 7) is 6.29. The van der Waals surface area contributed by atoms with Crippen molar-refractivity contribution in [2.75, 3.05) is 26.3 Å². The van der Waals surface area contributed by atoms with Crippen molar-refractivity contribution in [3.63, 3.8) is 0 Å². The van der Waals surface area contributed by atoms with Gasteiger partial charge in [0.2, 0.25) is 5.91 Å². The second kappa shape index (κ2) is 12.5. The molecule has 0 aromatic heterocycles. The number of rotatable bonds is 11. The van der Waals surface area contributed by atoms with Gasteiger partial charge < -0.3 is 15.3 Å². The van der Waals surface area contributed by atoms with Crippen LogP contribution in [0.1, 0.15) is 58.8 Å². The Kier molecular flexibility index (Phi) is 10.3. The zero-order valence-electron chi connectivity index (χ0n) is 17.8. The second-order valence-electron chi connectivity index (χ2n) is 9.05. The molecule has 0 spiro atoms. The summed E-state index contributed by atoms with van der Waals surface area (Å²) in [4.78, 5) is 33.8. The average Bonchev–Trinajstić information content (AvgIpc) is 2.68. The Bertz CT molecular complexity index is 517. The van der Waals surface area contributed by atoms with Gasteiger partial charge in [-0.05, 0) is 62.2 Å². The summed E-state index contributed by atoms with van der Waals surface area (Å²) >= 11 is 0. The highest BCUT2D eigenvalue weighted by Gasteiger charge is 2.37. The zero-order chi connectivity index (χ0) is 21.2. The molecule has 2 saturated carbocycles. The number of carbonyl (C=O) groups excluding carboxylic acids is 1. The van der Waals surface area contributed by atoms with Crippen LogP contribution in [0, 0.1) is 35.5 Å². The van der Waals surface area contributed by atoms with E-state index in [0.29, 0.717) is 69.2 Å². The lowest BCUT2D eigenvalue weighted by molar-refractivity contribution is -0.257. The molecule has 29 heavy (non-hydrogen) atoms. The van der Waals surface area contributed by atoms with Gasteiger partial charge in [-0.25, -0.2) is 10.4 Å². The van der Waals surface area contributed by atoms with Crippen LogP contribution in [0.5, 0.6) is 0 Å². The van der Waals surface area contributed by atoms with Crippen molar-refractivity contribution >= 4 is 11.9 Å². The first-order valence-electron chi connectivity index (χ1n) is 11.0. The first kappa shape index (κ1) is 24.1. The Morgan fingerprint density at radius 2 is 1.66 bits per heavy atom. The van der Waals surface area contributed by atoms with Crippen LogP contribution in [0.15, 0.2) is 0 Å². The monoisotopic (exact) mass is 414 g/mol. The van der Waals surface area contributed by atoms with Crippen LogP contribution in [0.25, 0.3) is 0 Å². The van der Waals surface area contributed by atoms with Gasteiger partial charge in [0, 0.05) is 13.1 Å². The van der Waals surface area contributed by atoms with E-state index in [-0.39, 0.29) is 5.91 Å². The van der Waals surface area contributed by atoms with Crippen molar-refractivity contribution in [1.82, 2.24) is 10.8 Å². The highest BCUT2D eigenvalue weighted by molar-refractivity contribution is 5.84. The van der Waals surface area contributed by atoms with Gasteiger partial charge >= 0.3 is 5.97 Å². The highest BCUT2D eigenvalue weighted by atomic mass is 17.1. The molecule has 2 aliphatic carbocycles. The predicted molar refractivity (Wildman–Crippen MR) is 108 cm³/mol. The van der Waals surface area contributed by atoms with Crippen molar-refractivity contribution in [3.8, 4) is 0 Å². The fourth-order valence-electron chi connectivity index (χ4n) is 4.79. The van der Waals surface area contributed by atoms with E-state index < -0.39 is 17.8 Å². The molecule has 0 bridgehead atoms. The van der Waals surface area contributed by atoms with E-state index in [1.165, 1.54) is 6.42 Å². The van der Waals surface area contributed by atoms with E-state index in [0.717, 1.165) is 19.3 Å². The van der Waals surface area contributed by atoms with Crippen LogP contribution in [0.4, 0.5) is 0 Å². The molecule has 0 heterocycles. The Morgan fingerprint density at radius 3 is 2.38 bits per heavy atom. The summed E-state index contributed by atoms with van der Waals surface area (Å²) in [7, 11) is 0. The van der Waals surface area contributed by atoms with Crippen LogP contribution in [0.3, 0.4) is 0 Å². The molecule has 4 N–H and O–H groups in total. The molecule has 6 atom stereocenters. The predicted octanol–water partition coefficient (Wildman–Crippen LogP) is 2.69. The van der Waals surface area contributed by atoms with E-state index in [9.17, 15) is 14.7 Å². The maximum Gasteiger partial charge on any atom is 0.307 e. The summed E-state index contributed by atoms with van der Waals surface area (Å²) in [6, 6.07) is 0. The SMILES string of the molecule is CC1CCC(CONCCCNC(=O)C2CCC(C)CC2C(=O)O)C(COO)C1. The van der Waals surface area contributed by atoms with Gasteiger partial charge in [0.05, 0.1) is 25.0 Å². The van der Waals surface area contributed by atoms with Gasteiger partial charge in [-0.2, -0.15) is 0 Å². The number of aliphatic carboxylic acids is 1. The van der Waals surface area contributed by atoms with E-state index >= 15 is 0 Å². The average molecular weight is 415 g/mol. The molecule has 8 nitrogen and oxygen atoms in total. The third-order valence-electron chi connectivity index (χ3n) is 6.61. The maximum atomic E-state index is 12.4. The topological polar surface area (TPSA) is 117 Å². The molecule has 2 aliphatic rings. The van der Waals surface area contributed by atoms with E-state index in [4.69, 9.17) is 10.1 Å². The Labute approximate surface area is 173 Å². The highest BCUT2D eigenvalue weighted by Crippen LogP contribution is 2.35. The van der Waals surface area contributed by atoms with Crippen molar-refractivity contribution in [1.29, 1.82) is 0 Å². The molecule has 168 valence electrons. The summed E-state index contributed by atoms with van der Waals surface area (Å²) < 4.78 is 0. The quantitative estimate of drug-likeness (QED) is 0.233. The minimum Gasteiger partial charge on any atom is -0.481 e. The molecular formula is C21H38N2O6. The molecule has 0 radical (unpaired) electrons. The van der Waals surface area contributed by atoms with Gasteiger partial charge in [0.1, 0.15) is 0 Å². The molecular weight excluding hydrogens is 376 g/mol. The number of carboxylic acid groups (broad SMARTS) is 1. The minimum atomic E-state index is -0.867. The molecule has 6 unspecified atom stereocenters. The molecule has 0 aromatic carbocycles. The summed E-state index contributed by atoms with van der Waals surface area (Å²) in [5.41, 5.74) is 2.94. The van der Waals surface area contributed by atoms with E-state index in [1.807, 2.05) is 6.92 Å². The molecule has 8 heteroatoms. The van der Waals surface area contributed by atoms with Gasteiger partial charge in [-0.15, -0.1) is 0 Å². The Hall–Kier alpha value is -1.22. The van der Waals surface area contributed by atoms with Crippen molar-refractivity contribution in [3.05, 3.63) is 0 Å². The molecule has 0 aliphatic heterocycles. The molecule has 2 rings (SSSR count). The third kappa shape index (κ3) is 7.85. The molecule has 0 saturated heterocycles. The van der Waals surface area contributed by atoms with Crippen LogP contribution in [0.2, 0.25) is 0 Å². The lowest BCUT2D eigenvalue weighted by Crippen LogP contribution is -2.41. The molecule has 2 fully saturated rings. The number of carboxylic acids is 1. The number of amides is 1. The second-order valence-corrected chi connectivity index (χ2v) is 9.05. The number of nitrogens with one attached hydrogen (secondary N) is 2. The fourth-order valence-corrected chi connectivity index (χ4v) is 4.79. The lowest BCUT2D eigenvalue weighted by atomic mass is 9.74. The number of hydroxylamine groups is 1. The summed E-state index contributed by atoms with van der Waals surface area (Å²) in [5.74, 6) is -0.324. The maximum absolute atomic E-state index is 12.4. The largest absolute Gasteiger partial charge is 0.481 e. The first-order chi connectivity index (χ1) is 13.9. The minimum absolute atomic E-state index is 0.145. The van der Waals surface area contributed by atoms with Crippen LogP contribution < -0.4 is 10.8 Å². The molecule has 1 amide bonds. The smallest absolute Gasteiger partial charge is 0.307 e. The number of carbonyl (C=O) groups is 2. The van der Waals surface area contributed by atoms with Crippen molar-refractivity contribution in [2.24, 2.45) is 35.5 Å². The van der Waals surface area contributed by atoms with Crippen molar-refractivity contribution in [2.45, 2.75) is 58.8 Å². The van der Waals surface area contributed by atoms with Crippen LogP contribution in [-0.4, -0.2) is 48.5 Å².